The summed E-state index contributed by atoms with van der Waals surface area (Å²) in [7, 11) is 0. The van der Waals surface area contributed by atoms with Crippen molar-refractivity contribution < 1.29 is 45.0 Å². The number of aliphatic hydroxyl groups is 3. The van der Waals surface area contributed by atoms with Crippen molar-refractivity contribution in [2.45, 2.75) is 129 Å². The molecule has 9 heteroatoms. The number of carbonyl (C=O) groups is 3. The lowest BCUT2D eigenvalue weighted by Gasteiger charge is -2.24. The summed E-state index contributed by atoms with van der Waals surface area (Å²) < 4.78 is 0. The first-order valence-corrected chi connectivity index (χ1v) is 13.6. The Morgan fingerprint density at radius 3 is 0.972 bits per heavy atom. The standard InChI is InChI=1S/C18H36O2.C6H14O3.C3H4O4/c1-2-3-4-5-6-7-8-9-10-11-12-13-14-15-16-17-18(19)20;1-2-6(3-7,4-8)5-9;4-2(5)1-3(6)7/h2-17H2,1H3,(H,19,20);7-9H,2-5H2,1H3;1H2,(H,4,5)(H,6,7). The monoisotopic (exact) mass is 522 g/mol. The molecule has 0 fully saturated rings. The van der Waals surface area contributed by atoms with Crippen LogP contribution in [0.4, 0.5) is 0 Å². The Kier molecular flexibility index (Phi) is 31.8. The summed E-state index contributed by atoms with van der Waals surface area (Å²) in [5, 5.41) is 49.9. The topological polar surface area (TPSA) is 173 Å². The summed E-state index contributed by atoms with van der Waals surface area (Å²) in [4.78, 5) is 29.2. The van der Waals surface area contributed by atoms with Gasteiger partial charge < -0.3 is 30.6 Å². The molecule has 0 rings (SSSR count). The highest BCUT2D eigenvalue weighted by atomic mass is 16.4. The van der Waals surface area contributed by atoms with E-state index in [-0.39, 0.29) is 19.8 Å². The van der Waals surface area contributed by atoms with Crippen molar-refractivity contribution in [1.29, 1.82) is 0 Å². The third-order valence-electron chi connectivity index (χ3n) is 6.05. The van der Waals surface area contributed by atoms with E-state index in [0.29, 0.717) is 12.8 Å². The third kappa shape index (κ3) is 32.3. The molecule has 216 valence electrons. The van der Waals surface area contributed by atoms with Gasteiger partial charge in [0.2, 0.25) is 0 Å². The molecule has 0 aliphatic rings. The fourth-order valence-electron chi connectivity index (χ4n) is 3.26. The van der Waals surface area contributed by atoms with Crippen molar-refractivity contribution in [1.82, 2.24) is 0 Å². The van der Waals surface area contributed by atoms with Crippen LogP contribution in [0.15, 0.2) is 0 Å². The van der Waals surface area contributed by atoms with Crippen LogP contribution in [-0.4, -0.2) is 68.4 Å². The maximum Gasteiger partial charge on any atom is 0.314 e. The Labute approximate surface area is 217 Å². The lowest BCUT2D eigenvalue weighted by Crippen LogP contribution is -2.32. The molecule has 0 saturated carbocycles. The van der Waals surface area contributed by atoms with Crippen molar-refractivity contribution in [2.24, 2.45) is 5.41 Å². The minimum atomic E-state index is -1.31. The first kappa shape index (κ1) is 38.8. The summed E-state index contributed by atoms with van der Waals surface area (Å²) >= 11 is 0. The van der Waals surface area contributed by atoms with Gasteiger partial charge in [-0.05, 0) is 12.8 Å². The smallest absolute Gasteiger partial charge is 0.314 e. The minimum Gasteiger partial charge on any atom is -0.481 e. The average molecular weight is 523 g/mol. The molecule has 6 N–H and O–H groups in total. The lowest BCUT2D eigenvalue weighted by atomic mass is 9.88. The second-order valence-electron chi connectivity index (χ2n) is 9.39. The van der Waals surface area contributed by atoms with Crippen LogP contribution in [0.25, 0.3) is 0 Å². The van der Waals surface area contributed by atoms with Gasteiger partial charge in [0.15, 0.2) is 0 Å². The summed E-state index contributed by atoms with van der Waals surface area (Å²) in [6.07, 6.45) is 20.0. The predicted molar refractivity (Wildman–Crippen MR) is 141 cm³/mol. The molecule has 0 amide bonds. The van der Waals surface area contributed by atoms with Crippen molar-refractivity contribution in [2.75, 3.05) is 19.8 Å². The van der Waals surface area contributed by atoms with Crippen LogP contribution in [0.2, 0.25) is 0 Å². The molecule has 0 aromatic rings. The Morgan fingerprint density at radius 1 is 0.500 bits per heavy atom. The highest BCUT2D eigenvalue weighted by Crippen LogP contribution is 2.18. The maximum absolute atomic E-state index is 10.3. The van der Waals surface area contributed by atoms with Gasteiger partial charge in [0.05, 0.1) is 19.8 Å². The Balaban J connectivity index is -0.000000558. The summed E-state index contributed by atoms with van der Waals surface area (Å²) in [6, 6.07) is 0. The van der Waals surface area contributed by atoms with Crippen molar-refractivity contribution in [3.63, 3.8) is 0 Å². The summed E-state index contributed by atoms with van der Waals surface area (Å²) in [5.74, 6) is -3.28. The van der Waals surface area contributed by atoms with Crippen LogP contribution in [0.3, 0.4) is 0 Å². The molecule has 0 saturated heterocycles. The third-order valence-corrected chi connectivity index (χ3v) is 6.05. The molecule has 0 bridgehead atoms. The minimum absolute atomic E-state index is 0.156. The molecule has 0 aliphatic carbocycles. The van der Waals surface area contributed by atoms with Gasteiger partial charge in [-0.1, -0.05) is 104 Å². The Hall–Kier alpha value is -1.71. The maximum atomic E-state index is 10.3. The quantitative estimate of drug-likeness (QED) is 0.0821. The summed E-state index contributed by atoms with van der Waals surface area (Å²) in [6.45, 7) is 3.62. The van der Waals surface area contributed by atoms with Crippen molar-refractivity contribution in [3.05, 3.63) is 0 Å². The molecule has 36 heavy (non-hydrogen) atoms. The molecular weight excluding hydrogens is 468 g/mol. The normalized spacial score (nSPS) is 10.6. The number of rotatable bonds is 22. The van der Waals surface area contributed by atoms with E-state index in [4.69, 9.17) is 30.6 Å². The van der Waals surface area contributed by atoms with Gasteiger partial charge in [-0.3, -0.25) is 14.4 Å². The number of carboxylic acids is 3. The van der Waals surface area contributed by atoms with Gasteiger partial charge in [-0.15, -0.1) is 0 Å². The number of hydrogen-bond donors (Lipinski definition) is 6. The molecule has 0 aliphatic heterocycles. The van der Waals surface area contributed by atoms with Gasteiger partial charge in [-0.25, -0.2) is 0 Å². The first-order chi connectivity index (χ1) is 17.1. The number of aliphatic carboxylic acids is 3. The van der Waals surface area contributed by atoms with E-state index in [0.717, 1.165) is 12.8 Å². The number of hydrogen-bond acceptors (Lipinski definition) is 6. The number of aliphatic hydroxyl groups excluding tert-OH is 3. The van der Waals surface area contributed by atoms with E-state index in [9.17, 15) is 14.4 Å². The van der Waals surface area contributed by atoms with Crippen LogP contribution >= 0.6 is 0 Å². The van der Waals surface area contributed by atoms with E-state index in [1.54, 1.807) is 0 Å². The van der Waals surface area contributed by atoms with Gasteiger partial charge in [0, 0.05) is 11.8 Å². The molecule has 0 heterocycles. The van der Waals surface area contributed by atoms with Crippen LogP contribution in [0.1, 0.15) is 129 Å². The zero-order valence-corrected chi connectivity index (χ0v) is 22.8. The molecule has 0 radical (unpaired) electrons. The molecule has 0 aromatic carbocycles. The second kappa shape index (κ2) is 29.5. The first-order valence-electron chi connectivity index (χ1n) is 13.6. The average Bonchev–Trinajstić information content (AvgIpc) is 2.83. The van der Waals surface area contributed by atoms with E-state index >= 15 is 0 Å². The van der Waals surface area contributed by atoms with Crippen molar-refractivity contribution >= 4 is 17.9 Å². The molecule has 0 spiro atoms. The number of carboxylic acid groups (broad SMARTS) is 3. The van der Waals surface area contributed by atoms with Gasteiger partial charge in [0.25, 0.3) is 0 Å². The van der Waals surface area contributed by atoms with Crippen LogP contribution in [0, 0.1) is 5.41 Å². The van der Waals surface area contributed by atoms with E-state index in [1.165, 1.54) is 83.5 Å². The molecule has 9 nitrogen and oxygen atoms in total. The zero-order chi connectivity index (χ0) is 28.1. The number of unbranched alkanes of at least 4 members (excludes halogenated alkanes) is 14. The molecule has 0 unspecified atom stereocenters. The van der Waals surface area contributed by atoms with E-state index < -0.39 is 29.7 Å². The fourth-order valence-corrected chi connectivity index (χ4v) is 3.26. The predicted octanol–water partition coefficient (Wildman–Crippen LogP) is 5.24. The fraction of sp³-hybridized carbons (Fsp3) is 0.889. The van der Waals surface area contributed by atoms with E-state index in [1.807, 2.05) is 6.92 Å². The van der Waals surface area contributed by atoms with Gasteiger partial charge in [0.1, 0.15) is 6.42 Å². The zero-order valence-electron chi connectivity index (χ0n) is 22.8. The van der Waals surface area contributed by atoms with Crippen LogP contribution < -0.4 is 0 Å². The summed E-state index contributed by atoms with van der Waals surface area (Å²) in [5.41, 5.74) is -0.667. The van der Waals surface area contributed by atoms with E-state index in [2.05, 4.69) is 6.92 Å². The van der Waals surface area contributed by atoms with Gasteiger partial charge >= 0.3 is 17.9 Å². The lowest BCUT2D eigenvalue weighted by molar-refractivity contribution is -0.147. The van der Waals surface area contributed by atoms with Crippen LogP contribution in [0.5, 0.6) is 0 Å². The highest BCUT2D eigenvalue weighted by Gasteiger charge is 2.24. The molecular formula is C27H54O9. The molecule has 0 atom stereocenters. The Bertz CT molecular complexity index is 476. The SMILES string of the molecule is CCC(CO)(CO)CO.CCCCCCCCCCCCCCCCCC(=O)O.O=C(O)CC(=O)O. The molecule has 0 aromatic heterocycles. The van der Waals surface area contributed by atoms with Gasteiger partial charge in [-0.2, -0.15) is 0 Å². The largest absolute Gasteiger partial charge is 0.481 e. The Morgan fingerprint density at radius 2 is 0.806 bits per heavy atom. The second-order valence-corrected chi connectivity index (χ2v) is 9.39. The van der Waals surface area contributed by atoms with Crippen molar-refractivity contribution in [3.8, 4) is 0 Å². The van der Waals surface area contributed by atoms with Crippen LogP contribution in [-0.2, 0) is 14.4 Å². The highest BCUT2D eigenvalue weighted by molar-refractivity contribution is 5.88.